The van der Waals surface area contributed by atoms with Crippen molar-refractivity contribution < 1.29 is 9.90 Å². The van der Waals surface area contributed by atoms with E-state index in [1.807, 2.05) is 7.05 Å². The van der Waals surface area contributed by atoms with Gasteiger partial charge in [0.15, 0.2) is 0 Å². The van der Waals surface area contributed by atoms with Crippen molar-refractivity contribution in [3.05, 3.63) is 0 Å². The number of hydrogen-bond donors (Lipinski definition) is 2. The van der Waals surface area contributed by atoms with Crippen LogP contribution < -0.4 is 5.32 Å². The Morgan fingerprint density at radius 3 is 2.64 bits per heavy atom. The van der Waals surface area contributed by atoms with Gasteiger partial charge in [-0.15, -0.1) is 0 Å². The summed E-state index contributed by atoms with van der Waals surface area (Å²) in [6, 6.07) is -0.400. The van der Waals surface area contributed by atoms with E-state index in [9.17, 15) is 4.79 Å². The van der Waals surface area contributed by atoms with Gasteiger partial charge in [-0.1, -0.05) is 0 Å². The van der Waals surface area contributed by atoms with Gasteiger partial charge in [-0.2, -0.15) is 0 Å². The largest absolute Gasteiger partial charge is 0.480 e. The third kappa shape index (κ3) is 3.95. The summed E-state index contributed by atoms with van der Waals surface area (Å²) in [7, 11) is 3.65. The molecule has 0 fully saturated rings. The molecule has 66 valence electrons. The van der Waals surface area contributed by atoms with Crippen LogP contribution in [-0.2, 0) is 4.79 Å². The molecule has 0 aromatic rings. The lowest BCUT2D eigenvalue weighted by Gasteiger charge is -2.20. The highest BCUT2D eigenvalue weighted by molar-refractivity contribution is 5.72. The molecule has 0 saturated carbocycles. The lowest BCUT2D eigenvalue weighted by atomic mass is 10.3. The molecule has 0 aromatic heterocycles. The van der Waals surface area contributed by atoms with Crippen LogP contribution in [0.4, 0.5) is 0 Å². The summed E-state index contributed by atoms with van der Waals surface area (Å²) in [6.07, 6.45) is 0. The predicted molar refractivity (Wildman–Crippen MR) is 43.7 cm³/mol. The maximum Gasteiger partial charge on any atom is 0.320 e. The van der Waals surface area contributed by atoms with Gasteiger partial charge in [0.2, 0.25) is 0 Å². The fourth-order valence-corrected chi connectivity index (χ4v) is 0.670. The van der Waals surface area contributed by atoms with E-state index in [0.717, 1.165) is 13.1 Å². The van der Waals surface area contributed by atoms with Gasteiger partial charge in [0, 0.05) is 13.1 Å². The van der Waals surface area contributed by atoms with Crippen molar-refractivity contribution in [3.8, 4) is 0 Å². The molecule has 0 aliphatic rings. The maximum atomic E-state index is 10.4. The topological polar surface area (TPSA) is 52.6 Å². The zero-order chi connectivity index (χ0) is 8.85. The SMILES string of the molecule is CNCCN(C)C(C)C(=O)O. The highest BCUT2D eigenvalue weighted by atomic mass is 16.4. The zero-order valence-electron chi connectivity index (χ0n) is 7.29. The van der Waals surface area contributed by atoms with E-state index in [-0.39, 0.29) is 0 Å². The van der Waals surface area contributed by atoms with Crippen molar-refractivity contribution >= 4 is 5.97 Å². The Bertz CT molecular complexity index is 128. The van der Waals surface area contributed by atoms with Gasteiger partial charge in [0.05, 0.1) is 0 Å². The summed E-state index contributed by atoms with van der Waals surface area (Å²) >= 11 is 0. The summed E-state index contributed by atoms with van der Waals surface area (Å²) < 4.78 is 0. The zero-order valence-corrected chi connectivity index (χ0v) is 7.29. The molecule has 1 unspecified atom stereocenters. The van der Waals surface area contributed by atoms with Gasteiger partial charge >= 0.3 is 5.97 Å². The van der Waals surface area contributed by atoms with Gasteiger partial charge in [0.25, 0.3) is 0 Å². The molecule has 4 heteroatoms. The number of likely N-dealkylation sites (N-methyl/N-ethyl adjacent to an activating group) is 2. The van der Waals surface area contributed by atoms with Crippen LogP contribution in [0.1, 0.15) is 6.92 Å². The summed E-state index contributed by atoms with van der Waals surface area (Å²) in [4.78, 5) is 12.2. The summed E-state index contributed by atoms with van der Waals surface area (Å²) in [5.41, 5.74) is 0. The second kappa shape index (κ2) is 5.09. The van der Waals surface area contributed by atoms with E-state index in [4.69, 9.17) is 5.11 Å². The minimum Gasteiger partial charge on any atom is -0.480 e. The smallest absolute Gasteiger partial charge is 0.320 e. The Morgan fingerprint density at radius 2 is 2.27 bits per heavy atom. The molecule has 0 bridgehead atoms. The number of rotatable bonds is 5. The van der Waals surface area contributed by atoms with E-state index in [1.54, 1.807) is 18.9 Å². The van der Waals surface area contributed by atoms with E-state index in [0.29, 0.717) is 0 Å². The summed E-state index contributed by atoms with van der Waals surface area (Å²) in [6.45, 7) is 3.25. The molecular weight excluding hydrogens is 144 g/mol. The molecule has 11 heavy (non-hydrogen) atoms. The molecule has 0 spiro atoms. The highest BCUT2D eigenvalue weighted by Crippen LogP contribution is 1.93. The Morgan fingerprint density at radius 1 is 1.73 bits per heavy atom. The second-order valence-corrected chi connectivity index (χ2v) is 2.60. The first-order chi connectivity index (χ1) is 5.09. The number of aliphatic carboxylic acids is 1. The van der Waals surface area contributed by atoms with Crippen molar-refractivity contribution in [2.75, 3.05) is 27.2 Å². The molecule has 0 amide bonds. The lowest BCUT2D eigenvalue weighted by Crippen LogP contribution is -2.39. The van der Waals surface area contributed by atoms with E-state index in [2.05, 4.69) is 5.32 Å². The Labute approximate surface area is 67.2 Å². The minimum atomic E-state index is -0.774. The first-order valence-electron chi connectivity index (χ1n) is 3.67. The van der Waals surface area contributed by atoms with Gasteiger partial charge < -0.3 is 10.4 Å². The standard InChI is InChI=1S/C7H16N2O2/c1-6(7(10)11)9(3)5-4-8-2/h6,8H,4-5H2,1-3H3,(H,10,11). The van der Waals surface area contributed by atoms with Gasteiger partial charge in [-0.3, -0.25) is 9.69 Å². The van der Waals surface area contributed by atoms with E-state index >= 15 is 0 Å². The van der Waals surface area contributed by atoms with Crippen molar-refractivity contribution in [3.63, 3.8) is 0 Å². The van der Waals surface area contributed by atoms with Crippen LogP contribution >= 0.6 is 0 Å². The van der Waals surface area contributed by atoms with Gasteiger partial charge in [-0.05, 0) is 21.0 Å². The normalized spacial score (nSPS) is 13.5. The van der Waals surface area contributed by atoms with Crippen molar-refractivity contribution in [2.45, 2.75) is 13.0 Å². The van der Waals surface area contributed by atoms with Crippen LogP contribution in [0.2, 0.25) is 0 Å². The molecule has 1 atom stereocenters. The molecule has 0 heterocycles. The first-order valence-corrected chi connectivity index (χ1v) is 3.67. The lowest BCUT2D eigenvalue weighted by molar-refractivity contribution is -0.142. The number of nitrogens with one attached hydrogen (secondary N) is 1. The Balaban J connectivity index is 3.63. The quantitative estimate of drug-likeness (QED) is 0.575. The fraction of sp³-hybridized carbons (Fsp3) is 0.857. The number of carbonyl (C=O) groups is 1. The van der Waals surface area contributed by atoms with Crippen molar-refractivity contribution in [2.24, 2.45) is 0 Å². The number of hydrogen-bond acceptors (Lipinski definition) is 3. The van der Waals surface area contributed by atoms with Gasteiger partial charge in [0.1, 0.15) is 6.04 Å². The highest BCUT2D eigenvalue weighted by Gasteiger charge is 2.15. The molecule has 4 nitrogen and oxygen atoms in total. The van der Waals surface area contributed by atoms with Crippen LogP contribution in [0.15, 0.2) is 0 Å². The molecule has 0 aliphatic heterocycles. The third-order valence-electron chi connectivity index (χ3n) is 1.73. The van der Waals surface area contributed by atoms with Crippen molar-refractivity contribution in [1.82, 2.24) is 10.2 Å². The average molecular weight is 160 g/mol. The predicted octanol–water partition coefficient (Wildman–Crippen LogP) is -0.389. The van der Waals surface area contributed by atoms with E-state index < -0.39 is 12.0 Å². The van der Waals surface area contributed by atoms with Crippen molar-refractivity contribution in [1.29, 1.82) is 0 Å². The number of nitrogens with zero attached hydrogens (tertiary/aromatic N) is 1. The van der Waals surface area contributed by atoms with Crippen LogP contribution in [0.3, 0.4) is 0 Å². The number of carboxylic acids is 1. The minimum absolute atomic E-state index is 0.400. The number of carboxylic acid groups (broad SMARTS) is 1. The molecule has 0 rings (SSSR count). The monoisotopic (exact) mass is 160 g/mol. The second-order valence-electron chi connectivity index (χ2n) is 2.60. The van der Waals surface area contributed by atoms with Crippen LogP contribution in [0.25, 0.3) is 0 Å². The third-order valence-corrected chi connectivity index (χ3v) is 1.73. The molecule has 0 saturated heterocycles. The first kappa shape index (κ1) is 10.4. The maximum absolute atomic E-state index is 10.4. The Kier molecular flexibility index (Phi) is 4.81. The molecular formula is C7H16N2O2. The summed E-state index contributed by atoms with van der Waals surface area (Å²) in [5, 5.41) is 11.5. The van der Waals surface area contributed by atoms with E-state index in [1.165, 1.54) is 0 Å². The summed E-state index contributed by atoms with van der Waals surface area (Å²) in [5.74, 6) is -0.774. The Hall–Kier alpha value is -0.610. The molecule has 2 N–H and O–H groups in total. The van der Waals surface area contributed by atoms with Crippen LogP contribution in [-0.4, -0.2) is 49.2 Å². The average Bonchev–Trinajstić information content (AvgIpc) is 1.98. The van der Waals surface area contributed by atoms with Crippen LogP contribution in [0.5, 0.6) is 0 Å². The molecule has 0 aliphatic carbocycles. The van der Waals surface area contributed by atoms with Gasteiger partial charge in [-0.25, -0.2) is 0 Å². The fourth-order valence-electron chi connectivity index (χ4n) is 0.670. The molecule has 0 aromatic carbocycles. The van der Waals surface area contributed by atoms with Crippen LogP contribution in [0, 0.1) is 0 Å². The molecule has 0 radical (unpaired) electrons.